The molecule has 2 aliphatic carbocycles. The number of urea groups is 1. The molecule has 0 aromatic heterocycles. The molecule has 0 saturated heterocycles. The molecule has 6 nitrogen and oxygen atoms in total. The van der Waals surface area contributed by atoms with E-state index in [0.717, 1.165) is 43.4 Å². The van der Waals surface area contributed by atoms with Crippen molar-refractivity contribution in [2.24, 2.45) is 5.92 Å². The second-order valence-electron chi connectivity index (χ2n) is 8.29. The van der Waals surface area contributed by atoms with Gasteiger partial charge in [0.05, 0.1) is 12.0 Å². The predicted octanol–water partition coefficient (Wildman–Crippen LogP) is 3.77. The number of rotatable bonds is 3. The van der Waals surface area contributed by atoms with Crippen molar-refractivity contribution in [2.45, 2.75) is 75.5 Å². The molecule has 2 saturated carbocycles. The molecule has 1 aliphatic heterocycles. The Morgan fingerprint density at radius 1 is 1.04 bits per heavy atom. The van der Waals surface area contributed by atoms with Gasteiger partial charge in [0, 0.05) is 18.0 Å². The maximum absolute atomic E-state index is 12.6. The van der Waals surface area contributed by atoms with Gasteiger partial charge < -0.3 is 20.5 Å². The number of para-hydroxylation sites is 1. The number of carboxylic acid groups (broad SMARTS) is 1. The minimum atomic E-state index is -0.724. The molecule has 27 heavy (non-hydrogen) atoms. The van der Waals surface area contributed by atoms with Gasteiger partial charge in [-0.2, -0.15) is 0 Å². The highest BCUT2D eigenvalue weighted by atomic mass is 16.5. The average molecular weight is 372 g/mol. The first kappa shape index (κ1) is 18.1. The average Bonchev–Trinajstić information content (AvgIpc) is 3.09. The molecule has 3 aliphatic rings. The highest BCUT2D eigenvalue weighted by molar-refractivity contribution is 5.75. The van der Waals surface area contributed by atoms with Gasteiger partial charge in [0.1, 0.15) is 11.4 Å². The Morgan fingerprint density at radius 3 is 2.44 bits per heavy atom. The summed E-state index contributed by atoms with van der Waals surface area (Å²) in [4.78, 5) is 23.7. The van der Waals surface area contributed by atoms with E-state index >= 15 is 0 Å². The number of amides is 2. The second kappa shape index (κ2) is 7.41. The number of carboxylic acids is 1. The summed E-state index contributed by atoms with van der Waals surface area (Å²) in [6, 6.07) is 7.82. The minimum absolute atomic E-state index is 0.0520. The molecular formula is C21H28N2O4. The first-order chi connectivity index (χ1) is 13.0. The number of aliphatic carboxylic acids is 1. The third-order valence-electron chi connectivity index (χ3n) is 6.43. The van der Waals surface area contributed by atoms with E-state index in [9.17, 15) is 9.59 Å². The Labute approximate surface area is 159 Å². The Kier molecular flexibility index (Phi) is 4.98. The maximum atomic E-state index is 12.6. The number of carbonyl (C=O) groups excluding carboxylic acids is 1. The van der Waals surface area contributed by atoms with E-state index in [0.29, 0.717) is 12.8 Å². The lowest BCUT2D eigenvalue weighted by molar-refractivity contribution is -0.142. The molecule has 2 amide bonds. The van der Waals surface area contributed by atoms with Crippen molar-refractivity contribution < 1.29 is 19.4 Å². The Morgan fingerprint density at radius 2 is 1.74 bits per heavy atom. The lowest BCUT2D eigenvalue weighted by atomic mass is 9.85. The molecule has 4 rings (SSSR count). The summed E-state index contributed by atoms with van der Waals surface area (Å²) in [6.45, 7) is 0. The van der Waals surface area contributed by atoms with E-state index < -0.39 is 5.97 Å². The lowest BCUT2D eigenvalue weighted by Crippen LogP contribution is -2.48. The first-order valence-electron chi connectivity index (χ1n) is 10.1. The zero-order valence-corrected chi connectivity index (χ0v) is 15.6. The normalized spacial score (nSPS) is 28.8. The number of nitrogens with one attached hydrogen (secondary N) is 2. The Hall–Kier alpha value is -2.24. The zero-order valence-electron chi connectivity index (χ0n) is 15.6. The van der Waals surface area contributed by atoms with Crippen LogP contribution >= 0.6 is 0 Å². The monoisotopic (exact) mass is 372 g/mol. The van der Waals surface area contributed by atoms with Crippen LogP contribution in [-0.4, -0.2) is 28.7 Å². The van der Waals surface area contributed by atoms with Gasteiger partial charge in [-0.05, 0) is 57.4 Å². The summed E-state index contributed by atoms with van der Waals surface area (Å²) < 4.78 is 6.35. The topological polar surface area (TPSA) is 87.7 Å². The fraction of sp³-hybridized carbons (Fsp3) is 0.619. The van der Waals surface area contributed by atoms with Gasteiger partial charge in [-0.15, -0.1) is 0 Å². The summed E-state index contributed by atoms with van der Waals surface area (Å²) in [5.41, 5.74) is 0.894. The van der Waals surface area contributed by atoms with E-state index in [-0.39, 0.29) is 29.6 Å². The smallest absolute Gasteiger partial charge is 0.315 e. The fourth-order valence-electron chi connectivity index (χ4n) is 4.94. The molecular weight excluding hydrogens is 344 g/mol. The van der Waals surface area contributed by atoms with Gasteiger partial charge >= 0.3 is 12.0 Å². The van der Waals surface area contributed by atoms with Crippen molar-refractivity contribution in [2.75, 3.05) is 0 Å². The number of hydrogen-bond acceptors (Lipinski definition) is 3. The molecule has 1 unspecified atom stereocenters. The van der Waals surface area contributed by atoms with Gasteiger partial charge in [0.15, 0.2) is 0 Å². The van der Waals surface area contributed by atoms with Crippen LogP contribution in [0, 0.1) is 5.92 Å². The number of hydrogen-bond donors (Lipinski definition) is 3. The third kappa shape index (κ3) is 3.89. The second-order valence-corrected chi connectivity index (χ2v) is 8.29. The number of benzene rings is 1. The predicted molar refractivity (Wildman–Crippen MR) is 101 cm³/mol. The van der Waals surface area contributed by atoms with E-state index in [2.05, 4.69) is 10.6 Å². The van der Waals surface area contributed by atoms with Crippen LogP contribution in [0.2, 0.25) is 0 Å². The summed E-state index contributed by atoms with van der Waals surface area (Å²) in [6.07, 6.45) is 7.94. The molecule has 1 aromatic rings. The van der Waals surface area contributed by atoms with Crippen LogP contribution in [0.3, 0.4) is 0 Å². The third-order valence-corrected chi connectivity index (χ3v) is 6.43. The van der Waals surface area contributed by atoms with Crippen molar-refractivity contribution >= 4 is 12.0 Å². The van der Waals surface area contributed by atoms with Gasteiger partial charge in [-0.1, -0.05) is 18.2 Å². The van der Waals surface area contributed by atoms with Crippen LogP contribution in [0.4, 0.5) is 4.79 Å². The molecule has 6 heteroatoms. The van der Waals surface area contributed by atoms with Gasteiger partial charge in [-0.3, -0.25) is 4.79 Å². The summed E-state index contributed by atoms with van der Waals surface area (Å²) in [7, 11) is 0. The fourth-order valence-corrected chi connectivity index (χ4v) is 4.94. The SMILES string of the molecule is O=C(NC1CCC(C(=O)O)CC1)NC1CC2(CCCC2)Oc2ccccc21. The zero-order chi connectivity index (χ0) is 18.9. The minimum Gasteiger partial charge on any atom is -0.487 e. The molecule has 1 heterocycles. The van der Waals surface area contributed by atoms with Crippen molar-refractivity contribution in [1.82, 2.24) is 10.6 Å². The van der Waals surface area contributed by atoms with E-state index in [1.54, 1.807) is 0 Å². The molecule has 1 atom stereocenters. The number of ether oxygens (including phenoxy) is 1. The summed E-state index contributed by atoms with van der Waals surface area (Å²) in [5.74, 6) is -0.104. The lowest BCUT2D eigenvalue weighted by Gasteiger charge is -2.40. The molecule has 0 radical (unpaired) electrons. The standard InChI is InChI=1S/C21H28N2O4/c24-19(25)14-7-9-15(10-8-14)22-20(26)23-17-13-21(11-3-4-12-21)27-18-6-2-1-5-16(17)18/h1-2,5-6,14-15,17H,3-4,7-13H2,(H,24,25)(H2,22,23,26). The quantitative estimate of drug-likeness (QED) is 0.754. The number of fused-ring (bicyclic) bond motifs is 1. The van der Waals surface area contributed by atoms with Crippen LogP contribution < -0.4 is 15.4 Å². The van der Waals surface area contributed by atoms with E-state index in [1.165, 1.54) is 12.8 Å². The highest BCUT2D eigenvalue weighted by Gasteiger charge is 2.43. The largest absolute Gasteiger partial charge is 0.487 e. The maximum Gasteiger partial charge on any atom is 0.315 e. The summed E-state index contributed by atoms with van der Waals surface area (Å²) >= 11 is 0. The van der Waals surface area contributed by atoms with Gasteiger partial charge in [0.2, 0.25) is 0 Å². The summed E-state index contributed by atoms with van der Waals surface area (Å²) in [5, 5.41) is 15.3. The van der Waals surface area contributed by atoms with Crippen molar-refractivity contribution in [1.29, 1.82) is 0 Å². The Balaban J connectivity index is 1.39. The van der Waals surface area contributed by atoms with Gasteiger partial charge in [-0.25, -0.2) is 4.79 Å². The van der Waals surface area contributed by atoms with Crippen LogP contribution in [-0.2, 0) is 4.79 Å². The van der Waals surface area contributed by atoms with Crippen LogP contribution in [0.15, 0.2) is 24.3 Å². The molecule has 2 fully saturated rings. The molecule has 1 spiro atoms. The molecule has 1 aromatic carbocycles. The van der Waals surface area contributed by atoms with E-state index in [1.807, 2.05) is 24.3 Å². The van der Waals surface area contributed by atoms with Crippen molar-refractivity contribution in [3.05, 3.63) is 29.8 Å². The van der Waals surface area contributed by atoms with Crippen molar-refractivity contribution in [3.8, 4) is 5.75 Å². The molecule has 146 valence electrons. The first-order valence-corrected chi connectivity index (χ1v) is 10.1. The van der Waals surface area contributed by atoms with E-state index in [4.69, 9.17) is 9.84 Å². The van der Waals surface area contributed by atoms with Gasteiger partial charge in [0.25, 0.3) is 0 Å². The van der Waals surface area contributed by atoms with Crippen LogP contribution in [0.25, 0.3) is 0 Å². The molecule has 0 bridgehead atoms. The Bertz CT molecular complexity index is 706. The molecule has 3 N–H and O–H groups in total. The highest BCUT2D eigenvalue weighted by Crippen LogP contribution is 2.46. The van der Waals surface area contributed by atoms with Crippen LogP contribution in [0.1, 0.15) is 69.4 Å². The number of carbonyl (C=O) groups is 2. The van der Waals surface area contributed by atoms with Crippen molar-refractivity contribution in [3.63, 3.8) is 0 Å². The van der Waals surface area contributed by atoms with Crippen LogP contribution in [0.5, 0.6) is 5.75 Å².